The van der Waals surface area contributed by atoms with E-state index in [0.717, 1.165) is 17.1 Å². The van der Waals surface area contributed by atoms with Gasteiger partial charge in [-0.05, 0) is 17.7 Å². The highest BCUT2D eigenvalue weighted by Gasteiger charge is 2.20. The van der Waals surface area contributed by atoms with Gasteiger partial charge in [0.05, 0.1) is 6.10 Å². The molecule has 0 radical (unpaired) electrons. The molecule has 110 valence electrons. The number of fused-ring (bicyclic) bond motifs is 1. The van der Waals surface area contributed by atoms with E-state index in [-0.39, 0.29) is 6.10 Å². The van der Waals surface area contributed by atoms with E-state index < -0.39 is 6.10 Å². The highest BCUT2D eigenvalue weighted by Crippen LogP contribution is 2.30. The molecule has 1 heterocycles. The van der Waals surface area contributed by atoms with Crippen LogP contribution in [0.25, 0.3) is 0 Å². The number of hydrogen-bond acceptors (Lipinski definition) is 4. The summed E-state index contributed by atoms with van der Waals surface area (Å²) in [5.74, 6) is 1.57. The smallest absolute Gasteiger partial charge is 0.161 e. The number of rotatable bonds is 5. The standard InChI is InChI=1S/C17H19NO3/c19-15(13-6-2-1-3-7-13)11-18-10-14-12-20-16-8-4-5-9-17(16)21-14/h1-9,14-15,18-19H,10-12H2/t14-,15-/m0/s1. The van der Waals surface area contributed by atoms with Gasteiger partial charge in [-0.3, -0.25) is 0 Å². The number of para-hydroxylation sites is 2. The average molecular weight is 285 g/mol. The van der Waals surface area contributed by atoms with Gasteiger partial charge in [-0.2, -0.15) is 0 Å². The third-order valence-corrected chi connectivity index (χ3v) is 3.46. The second kappa shape index (κ2) is 6.61. The lowest BCUT2D eigenvalue weighted by Crippen LogP contribution is -2.39. The van der Waals surface area contributed by atoms with Crippen molar-refractivity contribution in [1.82, 2.24) is 5.32 Å². The van der Waals surface area contributed by atoms with Gasteiger partial charge in [0.1, 0.15) is 12.7 Å². The van der Waals surface area contributed by atoms with Crippen molar-refractivity contribution in [2.75, 3.05) is 19.7 Å². The first-order valence-electron chi connectivity index (χ1n) is 7.15. The summed E-state index contributed by atoms with van der Waals surface area (Å²) >= 11 is 0. The molecular weight excluding hydrogens is 266 g/mol. The summed E-state index contributed by atoms with van der Waals surface area (Å²) in [5.41, 5.74) is 0.913. The lowest BCUT2D eigenvalue weighted by atomic mass is 10.1. The van der Waals surface area contributed by atoms with Crippen LogP contribution in [0.2, 0.25) is 0 Å². The Bertz CT molecular complexity index is 573. The first kappa shape index (κ1) is 13.9. The van der Waals surface area contributed by atoms with E-state index in [1.807, 2.05) is 54.6 Å². The maximum atomic E-state index is 10.1. The fraction of sp³-hybridized carbons (Fsp3) is 0.294. The van der Waals surface area contributed by atoms with Gasteiger partial charge in [0.25, 0.3) is 0 Å². The molecular formula is C17H19NO3. The van der Waals surface area contributed by atoms with E-state index >= 15 is 0 Å². The molecule has 0 amide bonds. The summed E-state index contributed by atoms with van der Waals surface area (Å²) in [6.07, 6.45) is -0.550. The molecule has 0 bridgehead atoms. The minimum Gasteiger partial charge on any atom is -0.486 e. The normalized spacial score (nSPS) is 18.2. The van der Waals surface area contributed by atoms with E-state index in [0.29, 0.717) is 19.7 Å². The maximum absolute atomic E-state index is 10.1. The number of benzene rings is 2. The summed E-state index contributed by atoms with van der Waals surface area (Å²) in [5, 5.41) is 13.3. The van der Waals surface area contributed by atoms with Gasteiger partial charge in [-0.25, -0.2) is 0 Å². The van der Waals surface area contributed by atoms with Gasteiger partial charge < -0.3 is 19.9 Å². The van der Waals surface area contributed by atoms with E-state index in [4.69, 9.17) is 9.47 Å². The van der Waals surface area contributed by atoms with Gasteiger partial charge in [0.15, 0.2) is 11.5 Å². The zero-order valence-corrected chi connectivity index (χ0v) is 11.7. The summed E-state index contributed by atoms with van der Waals surface area (Å²) in [7, 11) is 0. The Morgan fingerprint density at radius 2 is 1.76 bits per heavy atom. The highest BCUT2D eigenvalue weighted by atomic mass is 16.6. The van der Waals surface area contributed by atoms with Crippen molar-refractivity contribution in [2.45, 2.75) is 12.2 Å². The first-order chi connectivity index (χ1) is 10.3. The zero-order valence-electron chi connectivity index (χ0n) is 11.7. The largest absolute Gasteiger partial charge is 0.486 e. The molecule has 0 spiro atoms. The van der Waals surface area contributed by atoms with Crippen molar-refractivity contribution in [3.05, 3.63) is 60.2 Å². The lowest BCUT2D eigenvalue weighted by Gasteiger charge is -2.27. The Morgan fingerprint density at radius 1 is 1.05 bits per heavy atom. The van der Waals surface area contributed by atoms with E-state index in [9.17, 15) is 5.11 Å². The lowest BCUT2D eigenvalue weighted by molar-refractivity contribution is 0.0858. The van der Waals surface area contributed by atoms with Crippen LogP contribution < -0.4 is 14.8 Å². The molecule has 1 aliphatic heterocycles. The van der Waals surface area contributed by atoms with E-state index in [1.165, 1.54) is 0 Å². The Hall–Kier alpha value is -2.04. The number of nitrogens with one attached hydrogen (secondary N) is 1. The third kappa shape index (κ3) is 3.54. The van der Waals surface area contributed by atoms with Crippen LogP contribution in [-0.4, -0.2) is 30.9 Å². The van der Waals surface area contributed by atoms with Crippen LogP contribution >= 0.6 is 0 Å². The molecule has 0 unspecified atom stereocenters. The average Bonchev–Trinajstić information content (AvgIpc) is 2.55. The number of aliphatic hydroxyl groups excluding tert-OH is 1. The van der Waals surface area contributed by atoms with Crippen LogP contribution in [0, 0.1) is 0 Å². The van der Waals surface area contributed by atoms with Crippen LogP contribution in [0.3, 0.4) is 0 Å². The third-order valence-electron chi connectivity index (χ3n) is 3.46. The quantitative estimate of drug-likeness (QED) is 0.884. The van der Waals surface area contributed by atoms with Crippen molar-refractivity contribution in [3.8, 4) is 11.5 Å². The SMILES string of the molecule is O[C@@H](CNC[C@H]1COc2ccccc2O1)c1ccccc1. The Labute approximate surface area is 124 Å². The van der Waals surface area contributed by atoms with Crippen molar-refractivity contribution < 1.29 is 14.6 Å². The second-order valence-electron chi connectivity index (χ2n) is 5.08. The molecule has 0 fully saturated rings. The molecule has 4 heteroatoms. The van der Waals surface area contributed by atoms with Gasteiger partial charge in [-0.15, -0.1) is 0 Å². The number of aliphatic hydroxyl groups is 1. The Morgan fingerprint density at radius 3 is 2.57 bits per heavy atom. The Balaban J connectivity index is 1.47. The van der Waals surface area contributed by atoms with Gasteiger partial charge in [0.2, 0.25) is 0 Å². The van der Waals surface area contributed by atoms with Crippen LogP contribution in [-0.2, 0) is 0 Å². The van der Waals surface area contributed by atoms with Crippen molar-refractivity contribution >= 4 is 0 Å². The van der Waals surface area contributed by atoms with Crippen molar-refractivity contribution in [3.63, 3.8) is 0 Å². The van der Waals surface area contributed by atoms with Crippen molar-refractivity contribution in [2.24, 2.45) is 0 Å². The number of hydrogen-bond donors (Lipinski definition) is 2. The molecule has 0 aromatic heterocycles. The molecule has 0 aliphatic carbocycles. The fourth-order valence-corrected chi connectivity index (χ4v) is 2.34. The monoisotopic (exact) mass is 285 g/mol. The summed E-state index contributed by atoms with van der Waals surface area (Å²) < 4.78 is 11.5. The van der Waals surface area contributed by atoms with Crippen LogP contribution in [0.1, 0.15) is 11.7 Å². The van der Waals surface area contributed by atoms with E-state index in [1.54, 1.807) is 0 Å². The molecule has 3 rings (SSSR count). The molecule has 4 nitrogen and oxygen atoms in total. The predicted molar refractivity (Wildman–Crippen MR) is 80.6 cm³/mol. The molecule has 2 aromatic carbocycles. The highest BCUT2D eigenvalue weighted by molar-refractivity contribution is 5.40. The summed E-state index contributed by atoms with van der Waals surface area (Å²) in [4.78, 5) is 0. The van der Waals surface area contributed by atoms with Crippen LogP contribution in [0.5, 0.6) is 11.5 Å². The maximum Gasteiger partial charge on any atom is 0.161 e. The minimum atomic E-state index is -0.511. The molecule has 0 saturated carbocycles. The molecule has 2 atom stereocenters. The first-order valence-corrected chi connectivity index (χ1v) is 7.15. The zero-order chi connectivity index (χ0) is 14.5. The van der Waals surface area contributed by atoms with Gasteiger partial charge in [-0.1, -0.05) is 42.5 Å². The summed E-state index contributed by atoms with van der Waals surface area (Å²) in [6, 6.07) is 17.3. The van der Waals surface area contributed by atoms with Crippen LogP contribution in [0.15, 0.2) is 54.6 Å². The fourth-order valence-electron chi connectivity index (χ4n) is 2.34. The predicted octanol–water partition coefficient (Wildman–Crippen LogP) is 2.15. The molecule has 0 saturated heterocycles. The molecule has 21 heavy (non-hydrogen) atoms. The Kier molecular flexibility index (Phi) is 4.38. The second-order valence-corrected chi connectivity index (χ2v) is 5.08. The molecule has 2 aromatic rings. The van der Waals surface area contributed by atoms with Crippen molar-refractivity contribution in [1.29, 1.82) is 0 Å². The van der Waals surface area contributed by atoms with E-state index in [2.05, 4.69) is 5.32 Å². The number of ether oxygens (including phenoxy) is 2. The van der Waals surface area contributed by atoms with Gasteiger partial charge in [0, 0.05) is 13.1 Å². The summed E-state index contributed by atoms with van der Waals surface area (Å²) in [6.45, 7) is 1.65. The topological polar surface area (TPSA) is 50.7 Å². The van der Waals surface area contributed by atoms with Crippen LogP contribution in [0.4, 0.5) is 0 Å². The molecule has 2 N–H and O–H groups in total. The minimum absolute atomic E-state index is 0.0390. The molecule has 1 aliphatic rings. The van der Waals surface area contributed by atoms with Gasteiger partial charge >= 0.3 is 0 Å².